The molecule has 5 aliphatic carbocycles. The van der Waals surface area contributed by atoms with Gasteiger partial charge in [-0.2, -0.15) is 0 Å². The Kier molecular flexibility index (Phi) is 10.2. The Morgan fingerprint density at radius 3 is 2.47 bits per heavy atom. The summed E-state index contributed by atoms with van der Waals surface area (Å²) in [4.78, 5) is 29.0. The van der Waals surface area contributed by atoms with Gasteiger partial charge in [0.15, 0.2) is 5.78 Å². The normalized spacial score (nSPS) is 39.4. The maximum absolute atomic E-state index is 14.5. The number of rotatable bonds is 11. The minimum atomic E-state index is -0.679. The number of hydrogen-bond acceptors (Lipinski definition) is 8. The average Bonchev–Trinajstić information content (AvgIpc) is 3.45. The van der Waals surface area contributed by atoms with E-state index in [0.717, 1.165) is 67.3 Å². The van der Waals surface area contributed by atoms with E-state index in [1.54, 1.807) is 12.1 Å². The molecule has 8 rings (SSSR count). The second kappa shape index (κ2) is 14.3. The quantitative estimate of drug-likeness (QED) is 0.113. The standard InChI is InChI=1S/C49H68N2O6/c1-28(20-38(54)44-48(6,57-44)36-13-9-12-34(36)30-10-8-11-32(50)23-30)42-37-14-15-41-46(4)25-35(31-21-29(27-51-7)22-33(53)24-31)43(56)45(2,3)40(46)16-17-49(41,18-19-52)47(37,5)26-39(42)55/h8,10-11,21-24,28,34-36,38,40-41,44,51-54H,9,12-20,25-27,50H2,1-7H3/t28-,34+,35-,36+,38-,40+,41+,44+,46+,47+,48-,49-/m1/s1. The Balaban J connectivity index is 1.07. The van der Waals surface area contributed by atoms with Crippen LogP contribution in [0.25, 0.3) is 0 Å². The highest BCUT2D eigenvalue weighted by atomic mass is 16.6. The molecule has 6 N–H and O–H groups in total. The van der Waals surface area contributed by atoms with Gasteiger partial charge in [-0.25, -0.2) is 0 Å². The first-order valence-corrected chi connectivity index (χ1v) is 22.1. The molecule has 0 aromatic heterocycles. The zero-order valence-electron chi connectivity index (χ0n) is 35.5. The van der Waals surface area contributed by atoms with Crippen LogP contribution in [-0.4, -0.2) is 58.3 Å². The van der Waals surface area contributed by atoms with E-state index in [2.05, 4.69) is 65.1 Å². The topological polar surface area (TPSA) is 145 Å². The highest BCUT2D eigenvalue weighted by molar-refractivity contribution is 6.00. The van der Waals surface area contributed by atoms with Crippen LogP contribution in [0.2, 0.25) is 0 Å². The molecule has 1 aliphatic heterocycles. The fraction of sp³-hybridized carbons (Fsp3) is 0.673. The summed E-state index contributed by atoms with van der Waals surface area (Å²) in [5, 5.41) is 36.7. The van der Waals surface area contributed by atoms with Gasteiger partial charge in [0.25, 0.3) is 0 Å². The number of phenols is 1. The first-order valence-electron chi connectivity index (χ1n) is 22.1. The summed E-state index contributed by atoms with van der Waals surface area (Å²) >= 11 is 0. The lowest BCUT2D eigenvalue weighted by Crippen LogP contribution is -2.64. The number of epoxide rings is 1. The van der Waals surface area contributed by atoms with Crippen molar-refractivity contribution in [2.45, 2.75) is 148 Å². The summed E-state index contributed by atoms with van der Waals surface area (Å²) in [5.41, 5.74) is 10.3. The van der Waals surface area contributed by atoms with Gasteiger partial charge in [0.2, 0.25) is 0 Å². The fourth-order valence-electron chi connectivity index (χ4n) is 15.1. The van der Waals surface area contributed by atoms with Crippen LogP contribution in [0.1, 0.15) is 141 Å². The van der Waals surface area contributed by atoms with Gasteiger partial charge in [-0.3, -0.25) is 9.59 Å². The fourth-order valence-corrected chi connectivity index (χ4v) is 15.1. The second-order valence-corrected chi connectivity index (χ2v) is 20.7. The monoisotopic (exact) mass is 781 g/mol. The number of anilines is 1. The van der Waals surface area contributed by atoms with Gasteiger partial charge >= 0.3 is 0 Å². The first kappa shape index (κ1) is 40.7. The number of hydrogen-bond donors (Lipinski definition) is 5. The summed E-state index contributed by atoms with van der Waals surface area (Å²) in [6.07, 6.45) is 8.04. The molecule has 5 fully saturated rings. The first-order chi connectivity index (χ1) is 26.9. The molecule has 2 aromatic rings. The minimum Gasteiger partial charge on any atom is -0.508 e. The molecule has 0 bridgehead atoms. The molecule has 2 aromatic carbocycles. The average molecular weight is 781 g/mol. The predicted octanol–water partition coefficient (Wildman–Crippen LogP) is 8.38. The zero-order chi connectivity index (χ0) is 40.9. The lowest BCUT2D eigenvalue weighted by Gasteiger charge is -2.69. The number of ether oxygens (including phenoxy) is 1. The number of ketones is 2. The van der Waals surface area contributed by atoms with Crippen LogP contribution in [0.5, 0.6) is 5.75 Å². The molecule has 1 heterocycles. The summed E-state index contributed by atoms with van der Waals surface area (Å²) in [7, 11) is 1.88. The number of carbonyl (C=O) groups excluding carboxylic acids is 2. The van der Waals surface area contributed by atoms with Crippen molar-refractivity contribution >= 4 is 17.3 Å². The van der Waals surface area contributed by atoms with E-state index in [0.29, 0.717) is 44.1 Å². The van der Waals surface area contributed by atoms with E-state index in [-0.39, 0.29) is 64.5 Å². The van der Waals surface area contributed by atoms with Gasteiger partial charge in [-0.15, -0.1) is 0 Å². The minimum absolute atomic E-state index is 0.0545. The number of aromatic hydroxyl groups is 1. The molecule has 8 nitrogen and oxygen atoms in total. The molecule has 6 aliphatic rings. The van der Waals surface area contributed by atoms with E-state index in [1.807, 2.05) is 19.2 Å². The van der Waals surface area contributed by atoms with Crippen LogP contribution < -0.4 is 11.1 Å². The molecular weight excluding hydrogens is 713 g/mol. The largest absolute Gasteiger partial charge is 0.508 e. The summed E-state index contributed by atoms with van der Waals surface area (Å²) < 4.78 is 6.47. The number of Topliss-reactive ketones (excluding diaryl/α,β-unsaturated/α-hetero) is 2. The van der Waals surface area contributed by atoms with Crippen LogP contribution >= 0.6 is 0 Å². The number of aliphatic hydroxyl groups is 2. The number of allylic oxidation sites excluding steroid dienone is 2. The van der Waals surface area contributed by atoms with Crippen molar-refractivity contribution in [2.75, 3.05) is 19.4 Å². The molecular formula is C49H68N2O6. The number of nitrogens with two attached hydrogens (primary N) is 1. The SMILES string of the molecule is CNCc1cc(O)cc([C@H]2C[C@@]3(C)[C@@H](CC[C@@]4(CCO)[C@H]3CCC3=C([C@H](C)C[C@@H](O)[C@@H]5O[C@]5(C)[C@H]5CCC[C@H]5c5cccc(N)c5)C(=O)C[C@@]34C)C(C)(C)C2=O)c1. The van der Waals surface area contributed by atoms with Crippen molar-refractivity contribution in [3.63, 3.8) is 0 Å². The highest BCUT2D eigenvalue weighted by Gasteiger charge is 2.70. The van der Waals surface area contributed by atoms with E-state index >= 15 is 0 Å². The molecule has 57 heavy (non-hydrogen) atoms. The van der Waals surface area contributed by atoms with Crippen LogP contribution in [0.4, 0.5) is 5.69 Å². The number of benzene rings is 2. The Hall–Kier alpha value is -3.04. The molecule has 0 spiro atoms. The number of fused-ring (bicyclic) bond motifs is 5. The van der Waals surface area contributed by atoms with Crippen molar-refractivity contribution < 1.29 is 29.6 Å². The van der Waals surface area contributed by atoms with Gasteiger partial charge < -0.3 is 31.1 Å². The summed E-state index contributed by atoms with van der Waals surface area (Å²) in [6.45, 7) is 14.0. The summed E-state index contributed by atoms with van der Waals surface area (Å²) in [5.74, 6) is 1.21. The predicted molar refractivity (Wildman–Crippen MR) is 223 cm³/mol. The molecule has 0 radical (unpaired) electrons. The third kappa shape index (κ3) is 6.20. The Labute approximate surface area is 340 Å². The second-order valence-electron chi connectivity index (χ2n) is 20.7. The highest BCUT2D eigenvalue weighted by Crippen LogP contribution is 2.76. The molecule has 310 valence electrons. The molecule has 12 atom stereocenters. The molecule has 8 heteroatoms. The smallest absolute Gasteiger partial charge is 0.159 e. The van der Waals surface area contributed by atoms with E-state index in [1.165, 1.54) is 11.1 Å². The Bertz CT molecular complexity index is 1960. The van der Waals surface area contributed by atoms with E-state index < -0.39 is 22.5 Å². The number of nitrogens with one attached hydrogen (secondary N) is 1. The Morgan fingerprint density at radius 2 is 1.75 bits per heavy atom. The van der Waals surface area contributed by atoms with Gasteiger partial charge in [0.1, 0.15) is 17.6 Å². The van der Waals surface area contributed by atoms with Crippen molar-refractivity contribution in [3.05, 3.63) is 70.3 Å². The van der Waals surface area contributed by atoms with Crippen molar-refractivity contribution in [1.29, 1.82) is 0 Å². The maximum atomic E-state index is 14.5. The van der Waals surface area contributed by atoms with Gasteiger partial charge in [-0.1, -0.05) is 64.8 Å². The number of carbonyl (C=O) groups is 2. The van der Waals surface area contributed by atoms with Crippen LogP contribution in [0.3, 0.4) is 0 Å². The van der Waals surface area contributed by atoms with Crippen LogP contribution in [0, 0.1) is 45.3 Å². The third-order valence-electron chi connectivity index (χ3n) is 17.5. The van der Waals surface area contributed by atoms with E-state index in [4.69, 9.17) is 10.5 Å². The van der Waals surface area contributed by atoms with Gasteiger partial charge in [-0.05, 0) is 159 Å². The van der Waals surface area contributed by atoms with Gasteiger partial charge in [0.05, 0.1) is 11.7 Å². The molecule has 4 saturated carbocycles. The van der Waals surface area contributed by atoms with Crippen molar-refractivity contribution in [3.8, 4) is 5.75 Å². The van der Waals surface area contributed by atoms with Crippen molar-refractivity contribution in [1.82, 2.24) is 5.32 Å². The molecule has 1 saturated heterocycles. The van der Waals surface area contributed by atoms with Crippen molar-refractivity contribution in [2.24, 2.45) is 45.3 Å². The zero-order valence-corrected chi connectivity index (χ0v) is 35.5. The lowest BCUT2D eigenvalue weighted by atomic mass is 9.34. The number of aliphatic hydroxyl groups excluding tert-OH is 2. The third-order valence-corrected chi connectivity index (χ3v) is 17.5. The molecule has 0 amide bonds. The Morgan fingerprint density at radius 1 is 0.982 bits per heavy atom. The van der Waals surface area contributed by atoms with Gasteiger partial charge in [0, 0.05) is 42.0 Å². The maximum Gasteiger partial charge on any atom is 0.159 e. The van der Waals surface area contributed by atoms with Crippen LogP contribution in [0.15, 0.2) is 53.6 Å². The number of nitrogen functional groups attached to an aromatic ring is 1. The summed E-state index contributed by atoms with van der Waals surface area (Å²) in [6, 6.07) is 13.9. The molecule has 0 unspecified atom stereocenters. The number of phenolic OH excluding ortho intramolecular Hbond substituents is 1. The van der Waals surface area contributed by atoms with Crippen LogP contribution in [-0.2, 0) is 20.9 Å². The lowest BCUT2D eigenvalue weighted by molar-refractivity contribution is -0.193. The van der Waals surface area contributed by atoms with E-state index in [9.17, 15) is 24.9 Å².